The summed E-state index contributed by atoms with van der Waals surface area (Å²) in [5.41, 5.74) is 0. The van der Waals surface area contributed by atoms with E-state index in [1.54, 1.807) is 30.3 Å². The third-order valence-corrected chi connectivity index (χ3v) is 2.81. The van der Waals surface area contributed by atoms with Crippen molar-refractivity contribution in [3.8, 4) is 5.75 Å². The molecule has 20 heavy (non-hydrogen) atoms. The Kier molecular flexibility index (Phi) is 6.41. The topological polar surface area (TPSA) is 116 Å². The predicted octanol–water partition coefficient (Wildman–Crippen LogP) is -1.42. The number of carboxylic acids is 1. The summed E-state index contributed by atoms with van der Waals surface area (Å²) in [6.45, 7) is 0. The molecule has 0 amide bonds. The SMILES string of the molecule is O=C(O)[C@H]1O[C@@H](Oc2ccccc2)[C@H](O)[C@@H](O)[C@@H]1O.[Na]. The maximum atomic E-state index is 10.9. The van der Waals surface area contributed by atoms with Crippen molar-refractivity contribution in [3.63, 3.8) is 0 Å². The van der Waals surface area contributed by atoms with Gasteiger partial charge < -0.3 is 29.9 Å². The van der Waals surface area contributed by atoms with Crippen LogP contribution in [0, 0.1) is 0 Å². The molecule has 1 fully saturated rings. The number of carbonyl (C=O) groups is 1. The Bertz CT molecular complexity index is 441. The Balaban J connectivity index is 0.00000200. The minimum atomic E-state index is -1.72. The van der Waals surface area contributed by atoms with Crippen molar-refractivity contribution < 1.29 is 34.7 Å². The largest absolute Gasteiger partial charge is 0.479 e. The average molecular weight is 293 g/mol. The van der Waals surface area contributed by atoms with Gasteiger partial charge >= 0.3 is 5.97 Å². The van der Waals surface area contributed by atoms with E-state index in [0.29, 0.717) is 5.75 Å². The van der Waals surface area contributed by atoms with Crippen molar-refractivity contribution in [3.05, 3.63) is 30.3 Å². The molecular weight excluding hydrogens is 279 g/mol. The van der Waals surface area contributed by atoms with Crippen molar-refractivity contribution in [2.24, 2.45) is 0 Å². The van der Waals surface area contributed by atoms with E-state index in [0.717, 1.165) is 0 Å². The van der Waals surface area contributed by atoms with Gasteiger partial charge in [-0.25, -0.2) is 4.79 Å². The first-order valence-electron chi connectivity index (χ1n) is 5.65. The van der Waals surface area contributed by atoms with Crippen LogP contribution in [0.5, 0.6) is 5.75 Å². The molecule has 1 saturated heterocycles. The smallest absolute Gasteiger partial charge is 0.335 e. The van der Waals surface area contributed by atoms with Gasteiger partial charge in [0.2, 0.25) is 6.29 Å². The molecule has 0 unspecified atom stereocenters. The van der Waals surface area contributed by atoms with Gasteiger partial charge in [0.15, 0.2) is 6.10 Å². The number of aliphatic hydroxyl groups is 3. The zero-order valence-electron chi connectivity index (χ0n) is 10.8. The predicted molar refractivity (Wildman–Crippen MR) is 67.1 cm³/mol. The minimum Gasteiger partial charge on any atom is -0.479 e. The zero-order valence-corrected chi connectivity index (χ0v) is 12.8. The van der Waals surface area contributed by atoms with Crippen LogP contribution in [-0.4, -0.2) is 86.7 Å². The molecule has 1 aliphatic rings. The number of para-hydroxylation sites is 1. The summed E-state index contributed by atoms with van der Waals surface area (Å²) in [5.74, 6) is -1.10. The minimum absolute atomic E-state index is 0. The maximum Gasteiger partial charge on any atom is 0.335 e. The Morgan fingerprint density at radius 1 is 1.05 bits per heavy atom. The van der Waals surface area contributed by atoms with Crippen LogP contribution >= 0.6 is 0 Å². The van der Waals surface area contributed by atoms with E-state index in [1.165, 1.54) is 0 Å². The molecule has 0 aliphatic carbocycles. The van der Waals surface area contributed by atoms with Gasteiger partial charge in [0, 0.05) is 29.6 Å². The second-order valence-corrected chi connectivity index (χ2v) is 4.17. The van der Waals surface area contributed by atoms with E-state index in [1.807, 2.05) is 0 Å². The molecule has 1 aliphatic heterocycles. The fourth-order valence-electron chi connectivity index (χ4n) is 1.78. The average Bonchev–Trinajstić information content (AvgIpc) is 2.40. The summed E-state index contributed by atoms with van der Waals surface area (Å²) in [4.78, 5) is 10.9. The number of hydrogen-bond donors (Lipinski definition) is 4. The summed E-state index contributed by atoms with van der Waals surface area (Å²) in [6, 6.07) is 8.30. The monoisotopic (exact) mass is 293 g/mol. The number of aliphatic carboxylic acids is 1. The normalized spacial score (nSPS) is 33.0. The number of benzene rings is 1. The summed E-state index contributed by atoms with van der Waals surface area (Å²) >= 11 is 0. The van der Waals surface area contributed by atoms with Gasteiger partial charge in [-0.1, -0.05) is 18.2 Å². The molecule has 4 N–H and O–H groups in total. The first kappa shape index (κ1) is 17.4. The van der Waals surface area contributed by atoms with Gasteiger partial charge in [-0.15, -0.1) is 0 Å². The van der Waals surface area contributed by atoms with E-state index in [4.69, 9.17) is 14.6 Å². The molecule has 1 aromatic carbocycles. The van der Waals surface area contributed by atoms with Crippen LogP contribution in [0.1, 0.15) is 0 Å². The van der Waals surface area contributed by atoms with Gasteiger partial charge in [-0.2, -0.15) is 0 Å². The van der Waals surface area contributed by atoms with E-state index in [9.17, 15) is 20.1 Å². The molecule has 1 aromatic rings. The second-order valence-electron chi connectivity index (χ2n) is 4.17. The Morgan fingerprint density at radius 2 is 1.65 bits per heavy atom. The standard InChI is InChI=1S/C12H14O7.Na/c13-7-8(14)10(11(16)17)19-12(9(7)15)18-6-4-2-1-3-5-6;/h1-5,7-10,12-15H,(H,16,17);/t7-,8-,9+,10-,12+;/m0./s1. The van der Waals surface area contributed by atoms with Crippen LogP contribution in [0.4, 0.5) is 0 Å². The number of carboxylic acid groups (broad SMARTS) is 1. The third kappa shape index (κ3) is 3.70. The van der Waals surface area contributed by atoms with E-state index < -0.39 is 36.7 Å². The summed E-state index contributed by atoms with van der Waals surface area (Å²) < 4.78 is 10.2. The number of ether oxygens (including phenoxy) is 2. The van der Waals surface area contributed by atoms with Gasteiger partial charge in [0.25, 0.3) is 0 Å². The molecule has 7 nitrogen and oxygen atoms in total. The number of aliphatic hydroxyl groups excluding tert-OH is 3. The zero-order chi connectivity index (χ0) is 14.0. The Labute approximate surface area is 137 Å². The van der Waals surface area contributed by atoms with Crippen molar-refractivity contribution in [2.75, 3.05) is 0 Å². The molecule has 105 valence electrons. The van der Waals surface area contributed by atoms with E-state index in [2.05, 4.69) is 0 Å². The van der Waals surface area contributed by atoms with Gasteiger partial charge in [-0.3, -0.25) is 0 Å². The summed E-state index contributed by atoms with van der Waals surface area (Å²) in [6.07, 6.45) is -7.97. The first-order chi connectivity index (χ1) is 9.00. The van der Waals surface area contributed by atoms with Crippen molar-refractivity contribution in [2.45, 2.75) is 30.7 Å². The van der Waals surface area contributed by atoms with Crippen LogP contribution in [0.2, 0.25) is 0 Å². The van der Waals surface area contributed by atoms with Crippen LogP contribution in [0.15, 0.2) is 30.3 Å². The molecule has 0 bridgehead atoms. The van der Waals surface area contributed by atoms with Crippen LogP contribution in [-0.2, 0) is 9.53 Å². The number of hydrogen-bond acceptors (Lipinski definition) is 6. The molecule has 0 saturated carbocycles. The molecule has 1 radical (unpaired) electrons. The molecule has 0 spiro atoms. The molecule has 8 heteroatoms. The fourth-order valence-corrected chi connectivity index (χ4v) is 1.78. The van der Waals surface area contributed by atoms with Gasteiger partial charge in [-0.05, 0) is 12.1 Å². The van der Waals surface area contributed by atoms with Crippen LogP contribution in [0.3, 0.4) is 0 Å². The molecular formula is C12H14NaO7. The fraction of sp³-hybridized carbons (Fsp3) is 0.417. The van der Waals surface area contributed by atoms with Crippen LogP contribution in [0.25, 0.3) is 0 Å². The summed E-state index contributed by atoms with van der Waals surface area (Å²) in [7, 11) is 0. The third-order valence-electron chi connectivity index (χ3n) is 2.81. The maximum absolute atomic E-state index is 10.9. The van der Waals surface area contributed by atoms with Gasteiger partial charge in [0.05, 0.1) is 0 Å². The number of rotatable bonds is 3. The molecule has 5 atom stereocenters. The molecule has 2 rings (SSSR count). The van der Waals surface area contributed by atoms with Crippen molar-refractivity contribution >= 4 is 35.5 Å². The van der Waals surface area contributed by atoms with E-state index in [-0.39, 0.29) is 29.6 Å². The summed E-state index contributed by atoms with van der Waals surface area (Å²) in [5, 5.41) is 37.7. The second kappa shape index (κ2) is 7.37. The van der Waals surface area contributed by atoms with E-state index >= 15 is 0 Å². The molecule has 0 aromatic heterocycles. The first-order valence-corrected chi connectivity index (χ1v) is 5.65. The van der Waals surface area contributed by atoms with Crippen molar-refractivity contribution in [1.82, 2.24) is 0 Å². The molecule has 1 heterocycles. The Morgan fingerprint density at radius 3 is 2.20 bits per heavy atom. The van der Waals surface area contributed by atoms with Gasteiger partial charge in [0.1, 0.15) is 24.1 Å². The van der Waals surface area contributed by atoms with Crippen molar-refractivity contribution in [1.29, 1.82) is 0 Å². The quantitative estimate of drug-likeness (QED) is 0.505. The van der Waals surface area contributed by atoms with Crippen LogP contribution < -0.4 is 4.74 Å². The Hall–Kier alpha value is -0.670.